The molecule has 3 rings (SSSR count). The maximum absolute atomic E-state index is 12.6. The van der Waals surface area contributed by atoms with Crippen molar-refractivity contribution < 1.29 is 19.4 Å². The molecule has 0 saturated heterocycles. The maximum atomic E-state index is 12.6. The van der Waals surface area contributed by atoms with Crippen molar-refractivity contribution in [2.45, 2.75) is 64.5 Å². The fraction of sp³-hybridized carbons (Fsp3) is 0.517. The maximum Gasteiger partial charge on any atom is 0.234 e. The molecule has 0 spiro atoms. The molecular weight excluding hydrogens is 454 g/mol. The van der Waals surface area contributed by atoms with Gasteiger partial charge in [-0.2, -0.15) is 0 Å². The molecule has 0 saturated carbocycles. The van der Waals surface area contributed by atoms with E-state index in [9.17, 15) is 9.59 Å². The first-order chi connectivity index (χ1) is 17.6. The molecule has 3 N–H and O–H groups in total. The number of carbonyl (C=O) groups excluding carboxylic acids is 2. The molecule has 2 aromatic rings. The lowest BCUT2D eigenvalue weighted by Crippen LogP contribution is -2.37. The molecule has 0 bridgehead atoms. The van der Waals surface area contributed by atoms with Crippen LogP contribution in [0, 0.1) is 0 Å². The first kappa shape index (κ1) is 27.7. The van der Waals surface area contributed by atoms with Crippen molar-refractivity contribution in [3.63, 3.8) is 0 Å². The van der Waals surface area contributed by atoms with Gasteiger partial charge < -0.3 is 20.5 Å². The first-order valence-corrected chi connectivity index (χ1v) is 13.3. The number of amides is 2. The van der Waals surface area contributed by atoms with E-state index in [1.54, 1.807) is 0 Å². The molecule has 36 heavy (non-hydrogen) atoms. The topological polar surface area (TPSA) is 90.9 Å². The first-order valence-electron chi connectivity index (χ1n) is 13.3. The molecule has 0 radical (unpaired) electrons. The van der Waals surface area contributed by atoms with Crippen LogP contribution in [0.1, 0.15) is 61.6 Å². The van der Waals surface area contributed by atoms with Crippen LogP contribution in [0.2, 0.25) is 0 Å². The minimum Gasteiger partial charge on any atom is -0.493 e. The van der Waals surface area contributed by atoms with Gasteiger partial charge in [0, 0.05) is 44.8 Å². The van der Waals surface area contributed by atoms with Gasteiger partial charge in [-0.05, 0) is 62.1 Å². The number of hydrogen-bond acceptors (Lipinski definition) is 5. The highest BCUT2D eigenvalue weighted by atomic mass is 16.5. The van der Waals surface area contributed by atoms with Crippen LogP contribution in [0.4, 0.5) is 0 Å². The lowest BCUT2D eigenvalue weighted by Gasteiger charge is -2.24. The minimum atomic E-state index is 0.0412. The van der Waals surface area contributed by atoms with Crippen LogP contribution in [0.15, 0.2) is 48.5 Å². The highest BCUT2D eigenvalue weighted by Gasteiger charge is 2.16. The van der Waals surface area contributed by atoms with Crippen molar-refractivity contribution >= 4 is 11.8 Å². The van der Waals surface area contributed by atoms with Crippen LogP contribution in [-0.2, 0) is 29.1 Å². The van der Waals surface area contributed by atoms with E-state index < -0.39 is 0 Å². The molecule has 7 heteroatoms. The molecule has 0 unspecified atom stereocenters. The number of aliphatic hydroxyl groups is 1. The second-order valence-corrected chi connectivity index (χ2v) is 9.47. The Bertz CT molecular complexity index is 935. The zero-order valence-electron chi connectivity index (χ0n) is 21.3. The van der Waals surface area contributed by atoms with E-state index in [0.717, 1.165) is 61.0 Å². The molecule has 0 aromatic heterocycles. The summed E-state index contributed by atoms with van der Waals surface area (Å²) in [6.45, 7) is 3.75. The van der Waals surface area contributed by atoms with Gasteiger partial charge in [0.2, 0.25) is 11.8 Å². The third kappa shape index (κ3) is 10.4. The summed E-state index contributed by atoms with van der Waals surface area (Å²) in [4.78, 5) is 27.1. The number of nitrogens with one attached hydrogen (secondary N) is 2. The van der Waals surface area contributed by atoms with Gasteiger partial charge in [0.1, 0.15) is 5.75 Å². The van der Waals surface area contributed by atoms with Gasteiger partial charge in [-0.3, -0.25) is 14.5 Å². The van der Waals surface area contributed by atoms with Crippen LogP contribution in [0.25, 0.3) is 0 Å². The number of benzene rings is 2. The van der Waals surface area contributed by atoms with E-state index in [4.69, 9.17) is 9.84 Å². The van der Waals surface area contributed by atoms with Crippen LogP contribution < -0.4 is 15.4 Å². The summed E-state index contributed by atoms with van der Waals surface area (Å²) in [5.74, 6) is 0.936. The van der Waals surface area contributed by atoms with Crippen LogP contribution >= 0.6 is 0 Å². The van der Waals surface area contributed by atoms with Crippen molar-refractivity contribution in [3.8, 4) is 5.75 Å². The van der Waals surface area contributed by atoms with Crippen LogP contribution in [-0.4, -0.2) is 54.7 Å². The van der Waals surface area contributed by atoms with E-state index in [-0.39, 0.29) is 18.4 Å². The average Bonchev–Trinajstić information content (AvgIpc) is 2.89. The predicted molar refractivity (Wildman–Crippen MR) is 142 cm³/mol. The molecule has 0 aliphatic carbocycles. The van der Waals surface area contributed by atoms with Gasteiger partial charge in [0.15, 0.2) is 0 Å². The zero-order chi connectivity index (χ0) is 25.4. The van der Waals surface area contributed by atoms with E-state index in [1.807, 2.05) is 30.3 Å². The summed E-state index contributed by atoms with van der Waals surface area (Å²) >= 11 is 0. The van der Waals surface area contributed by atoms with Crippen molar-refractivity contribution in [3.05, 3.63) is 65.2 Å². The molecule has 0 atom stereocenters. The smallest absolute Gasteiger partial charge is 0.234 e. The number of aryl methyl sites for hydroxylation is 1. The van der Waals surface area contributed by atoms with Gasteiger partial charge >= 0.3 is 0 Å². The molecule has 0 fully saturated rings. The van der Waals surface area contributed by atoms with Crippen molar-refractivity contribution in [1.82, 2.24) is 15.5 Å². The second-order valence-electron chi connectivity index (χ2n) is 9.47. The molecule has 1 heterocycles. The van der Waals surface area contributed by atoms with Gasteiger partial charge in [-0.15, -0.1) is 0 Å². The third-order valence-electron chi connectivity index (χ3n) is 6.33. The van der Waals surface area contributed by atoms with Crippen molar-refractivity contribution in [1.29, 1.82) is 0 Å². The highest BCUT2D eigenvalue weighted by Crippen LogP contribution is 2.24. The largest absolute Gasteiger partial charge is 0.493 e. The SMILES string of the molecule is O=C(CCc1ccc2c(c1)CN(Cc1ccccc1)CC(=O)NCCCCCO2)NCCCCCO. The van der Waals surface area contributed by atoms with Gasteiger partial charge in [0.05, 0.1) is 13.2 Å². The Labute approximate surface area is 215 Å². The van der Waals surface area contributed by atoms with Crippen LogP contribution in [0.3, 0.4) is 0 Å². The summed E-state index contributed by atoms with van der Waals surface area (Å²) in [5.41, 5.74) is 3.28. The second kappa shape index (κ2) is 16.0. The normalized spacial score (nSPS) is 15.4. The Morgan fingerprint density at radius 2 is 1.86 bits per heavy atom. The van der Waals surface area contributed by atoms with E-state index >= 15 is 0 Å². The van der Waals surface area contributed by atoms with Gasteiger partial charge in [-0.25, -0.2) is 0 Å². The molecule has 2 amide bonds. The fourth-order valence-corrected chi connectivity index (χ4v) is 4.36. The summed E-state index contributed by atoms with van der Waals surface area (Å²) in [7, 11) is 0. The molecule has 1 aliphatic heterocycles. The van der Waals surface area contributed by atoms with E-state index in [0.29, 0.717) is 52.2 Å². The zero-order valence-corrected chi connectivity index (χ0v) is 21.3. The molecular formula is C29H41N3O4. The van der Waals surface area contributed by atoms with Gasteiger partial charge in [0.25, 0.3) is 0 Å². The minimum absolute atomic E-state index is 0.0412. The highest BCUT2D eigenvalue weighted by molar-refractivity contribution is 5.78. The number of hydrogen-bond donors (Lipinski definition) is 3. The predicted octanol–water partition coefficient (Wildman–Crippen LogP) is 3.58. The summed E-state index contributed by atoms with van der Waals surface area (Å²) in [6, 6.07) is 16.4. The average molecular weight is 496 g/mol. The molecule has 196 valence electrons. The summed E-state index contributed by atoms with van der Waals surface area (Å²) in [5, 5.41) is 14.9. The van der Waals surface area contributed by atoms with Crippen molar-refractivity contribution in [2.24, 2.45) is 0 Å². The quantitative estimate of drug-likeness (QED) is 0.439. The monoisotopic (exact) mass is 495 g/mol. The number of ether oxygens (including phenoxy) is 1. The summed E-state index contributed by atoms with van der Waals surface area (Å²) < 4.78 is 6.16. The van der Waals surface area contributed by atoms with Gasteiger partial charge in [-0.1, -0.05) is 42.5 Å². The summed E-state index contributed by atoms with van der Waals surface area (Å²) in [6.07, 6.45) is 6.55. The lowest BCUT2D eigenvalue weighted by atomic mass is 10.0. The van der Waals surface area contributed by atoms with Crippen LogP contribution in [0.5, 0.6) is 5.75 Å². The number of nitrogens with zero attached hydrogens (tertiary/aromatic N) is 1. The standard InChI is InChI=1S/C29H41N3O4/c33-18-8-2-6-16-30-28(34)15-13-24-12-14-27-26(20-24)22-32(21-25-10-4-1-5-11-25)23-29(35)31-17-7-3-9-19-36-27/h1,4-5,10-12,14,20,33H,2-3,6-9,13,15-19,21-23H2,(H,30,34)(H,31,35). The molecule has 1 aliphatic rings. The Balaban J connectivity index is 1.69. The number of rotatable bonds is 10. The lowest BCUT2D eigenvalue weighted by molar-refractivity contribution is -0.122. The third-order valence-corrected chi connectivity index (χ3v) is 6.33. The fourth-order valence-electron chi connectivity index (χ4n) is 4.36. The number of carbonyl (C=O) groups is 2. The number of unbranched alkanes of at least 4 members (excludes halogenated alkanes) is 2. The molecule has 7 nitrogen and oxygen atoms in total. The Morgan fingerprint density at radius 1 is 1.00 bits per heavy atom. The molecule has 2 aromatic carbocycles. The Kier molecular flexibility index (Phi) is 12.3. The Morgan fingerprint density at radius 3 is 2.69 bits per heavy atom. The van der Waals surface area contributed by atoms with E-state index in [1.165, 1.54) is 0 Å². The number of aliphatic hydroxyl groups excluding tert-OH is 1. The Hall–Kier alpha value is -2.90. The van der Waals surface area contributed by atoms with Crippen molar-refractivity contribution in [2.75, 3.05) is 32.8 Å². The van der Waals surface area contributed by atoms with E-state index in [2.05, 4.69) is 33.7 Å². The number of fused-ring (bicyclic) bond motifs is 1.